The fourth-order valence-electron chi connectivity index (χ4n) is 2.58. The third-order valence-electron chi connectivity index (χ3n) is 3.92. The Kier molecular flexibility index (Phi) is 4.66. The molecule has 0 radical (unpaired) electrons. The van der Waals surface area contributed by atoms with E-state index < -0.39 is 6.36 Å². The van der Waals surface area contributed by atoms with E-state index in [1.165, 1.54) is 24.3 Å². The topological polar surface area (TPSA) is 78.9 Å². The number of halogens is 4. The number of imidazole rings is 1. The highest BCUT2D eigenvalue weighted by Crippen LogP contribution is 2.32. The van der Waals surface area contributed by atoms with Crippen molar-refractivity contribution < 1.29 is 17.9 Å². The quantitative estimate of drug-likeness (QED) is 0.664. The van der Waals surface area contributed by atoms with Crippen molar-refractivity contribution in [3.05, 3.63) is 29.5 Å². The highest BCUT2D eigenvalue weighted by molar-refractivity contribution is 6.28. The van der Waals surface area contributed by atoms with Gasteiger partial charge in [-0.25, -0.2) is 4.98 Å². The largest absolute Gasteiger partial charge is 0.573 e. The predicted octanol–water partition coefficient (Wildman–Crippen LogP) is 4.60. The van der Waals surface area contributed by atoms with Crippen LogP contribution in [-0.4, -0.2) is 25.9 Å². The van der Waals surface area contributed by atoms with Gasteiger partial charge in [0.15, 0.2) is 17.0 Å². The molecule has 138 valence electrons. The van der Waals surface area contributed by atoms with E-state index in [2.05, 4.69) is 19.7 Å². The second-order valence-electron chi connectivity index (χ2n) is 5.68. The summed E-state index contributed by atoms with van der Waals surface area (Å²) in [5, 5.41) is -0.0000665. The number of nitrogens with zero attached hydrogens (tertiary/aromatic N) is 4. The van der Waals surface area contributed by atoms with Crippen molar-refractivity contribution in [1.82, 2.24) is 19.5 Å². The Labute approximate surface area is 151 Å². The average Bonchev–Trinajstić information content (AvgIpc) is 2.93. The molecule has 3 aromatic rings. The lowest BCUT2D eigenvalue weighted by Gasteiger charge is -2.15. The lowest BCUT2D eigenvalue weighted by atomic mass is 10.2. The van der Waals surface area contributed by atoms with Crippen LogP contribution in [0.3, 0.4) is 0 Å². The summed E-state index contributed by atoms with van der Waals surface area (Å²) >= 11 is 5.91. The summed E-state index contributed by atoms with van der Waals surface area (Å²) in [5.74, 6) is 0.339. The van der Waals surface area contributed by atoms with Gasteiger partial charge in [-0.15, -0.1) is 13.2 Å². The maximum absolute atomic E-state index is 12.3. The number of benzene rings is 1. The van der Waals surface area contributed by atoms with Crippen LogP contribution in [0.2, 0.25) is 5.28 Å². The van der Waals surface area contributed by atoms with Crippen LogP contribution in [0.5, 0.6) is 5.75 Å². The molecule has 0 spiro atoms. The van der Waals surface area contributed by atoms with Crippen LogP contribution in [0.15, 0.2) is 24.3 Å². The van der Waals surface area contributed by atoms with Crippen molar-refractivity contribution in [2.45, 2.75) is 32.7 Å². The zero-order valence-electron chi connectivity index (χ0n) is 13.9. The van der Waals surface area contributed by atoms with Crippen molar-refractivity contribution in [3.63, 3.8) is 0 Å². The molecule has 6 nitrogen and oxygen atoms in total. The third-order valence-corrected chi connectivity index (χ3v) is 4.09. The molecular formula is C16H15ClF3N5O. The number of rotatable bonds is 4. The molecule has 1 aromatic carbocycles. The number of fused-ring (bicyclic) bond motifs is 1. The first kappa shape index (κ1) is 18.2. The number of aromatic nitrogens is 4. The minimum absolute atomic E-state index is 0.0000665. The van der Waals surface area contributed by atoms with E-state index in [9.17, 15) is 13.2 Å². The second-order valence-corrected chi connectivity index (χ2v) is 6.02. The van der Waals surface area contributed by atoms with Crippen LogP contribution in [-0.2, 0) is 0 Å². The molecule has 0 fully saturated rings. The molecule has 1 unspecified atom stereocenters. The Morgan fingerprint density at radius 3 is 2.42 bits per heavy atom. The normalized spacial score (nSPS) is 13.2. The smallest absolute Gasteiger partial charge is 0.406 e. The molecule has 0 aliphatic heterocycles. The molecule has 1 atom stereocenters. The zero-order valence-corrected chi connectivity index (χ0v) is 14.6. The van der Waals surface area contributed by atoms with Gasteiger partial charge in [0.1, 0.15) is 11.6 Å². The Balaban J connectivity index is 2.13. The Morgan fingerprint density at radius 2 is 1.85 bits per heavy atom. The number of anilines is 1. The predicted molar refractivity (Wildman–Crippen MR) is 91.9 cm³/mol. The third kappa shape index (κ3) is 3.52. The van der Waals surface area contributed by atoms with E-state index in [4.69, 9.17) is 17.3 Å². The van der Waals surface area contributed by atoms with E-state index in [0.717, 1.165) is 6.42 Å². The van der Waals surface area contributed by atoms with Gasteiger partial charge in [-0.05, 0) is 49.2 Å². The summed E-state index contributed by atoms with van der Waals surface area (Å²) < 4.78 is 42.7. The van der Waals surface area contributed by atoms with Gasteiger partial charge in [0, 0.05) is 11.6 Å². The van der Waals surface area contributed by atoms with Crippen molar-refractivity contribution in [2.24, 2.45) is 0 Å². The summed E-state index contributed by atoms with van der Waals surface area (Å²) in [6.45, 7) is 3.96. The average molecular weight is 386 g/mol. The Hall–Kier alpha value is -2.55. The molecule has 0 amide bonds. The molecule has 2 heterocycles. The van der Waals surface area contributed by atoms with Crippen LogP contribution in [0.1, 0.15) is 26.3 Å². The highest BCUT2D eigenvalue weighted by atomic mass is 35.5. The van der Waals surface area contributed by atoms with Crippen LogP contribution in [0.4, 0.5) is 19.0 Å². The summed E-state index contributed by atoms with van der Waals surface area (Å²) in [7, 11) is 0. The van der Waals surface area contributed by atoms with Crippen LogP contribution in [0.25, 0.3) is 22.6 Å². The van der Waals surface area contributed by atoms with Gasteiger partial charge in [-0.1, -0.05) is 6.92 Å². The number of nitrogen functional groups attached to an aromatic ring is 1. The van der Waals surface area contributed by atoms with Gasteiger partial charge in [0.05, 0.1) is 0 Å². The molecule has 3 rings (SSSR count). The molecule has 0 saturated carbocycles. The number of ether oxygens (including phenoxy) is 1. The Morgan fingerprint density at radius 1 is 1.19 bits per heavy atom. The first-order valence-corrected chi connectivity index (χ1v) is 8.14. The molecule has 0 bridgehead atoms. The lowest BCUT2D eigenvalue weighted by molar-refractivity contribution is -0.274. The number of alkyl halides is 3. The van der Waals surface area contributed by atoms with Crippen LogP contribution >= 0.6 is 11.6 Å². The second kappa shape index (κ2) is 6.64. The fraction of sp³-hybridized carbons (Fsp3) is 0.312. The Bertz CT molecular complexity index is 940. The lowest BCUT2D eigenvalue weighted by Crippen LogP contribution is -2.17. The molecule has 0 aliphatic rings. The van der Waals surface area contributed by atoms with E-state index in [1.807, 2.05) is 18.4 Å². The van der Waals surface area contributed by atoms with E-state index >= 15 is 0 Å². The first-order chi connectivity index (χ1) is 12.2. The molecule has 0 aliphatic carbocycles. The van der Waals surface area contributed by atoms with Gasteiger partial charge < -0.3 is 15.0 Å². The van der Waals surface area contributed by atoms with Gasteiger partial charge in [0.2, 0.25) is 5.28 Å². The van der Waals surface area contributed by atoms with Crippen molar-refractivity contribution in [1.29, 1.82) is 0 Å². The summed E-state index contributed by atoms with van der Waals surface area (Å²) in [5.41, 5.74) is 7.35. The maximum Gasteiger partial charge on any atom is 0.573 e. The van der Waals surface area contributed by atoms with Gasteiger partial charge in [-0.3, -0.25) is 0 Å². The number of hydrogen-bond acceptors (Lipinski definition) is 5. The SMILES string of the molecule is CCC(C)n1c(-c2ccc(OC(F)(F)F)cc2)nc2c(N)nc(Cl)nc21. The minimum atomic E-state index is -4.74. The molecular weight excluding hydrogens is 371 g/mol. The standard InChI is InChI=1S/C16H15ClF3N5O/c1-3-8(2)25-13(22-11-12(21)23-15(17)24-14(11)25)9-4-6-10(7-5-9)26-16(18,19)20/h4-8H,3H2,1-2H3,(H2,21,23,24). The van der Waals surface area contributed by atoms with Crippen LogP contribution < -0.4 is 10.5 Å². The monoisotopic (exact) mass is 385 g/mol. The fourth-order valence-corrected chi connectivity index (χ4v) is 2.75. The van der Waals surface area contributed by atoms with E-state index in [1.54, 1.807) is 0 Å². The van der Waals surface area contributed by atoms with Crippen molar-refractivity contribution in [3.8, 4) is 17.1 Å². The minimum Gasteiger partial charge on any atom is -0.406 e. The van der Waals surface area contributed by atoms with Crippen LogP contribution in [0, 0.1) is 0 Å². The van der Waals surface area contributed by atoms with E-state index in [0.29, 0.717) is 22.6 Å². The zero-order chi connectivity index (χ0) is 19.1. The summed E-state index contributed by atoms with van der Waals surface area (Å²) in [6, 6.07) is 5.45. The molecule has 2 aromatic heterocycles. The first-order valence-electron chi connectivity index (χ1n) is 7.76. The van der Waals surface area contributed by atoms with Gasteiger partial charge in [0.25, 0.3) is 0 Å². The number of hydrogen-bond donors (Lipinski definition) is 1. The summed E-state index contributed by atoms with van der Waals surface area (Å²) in [6.07, 6.45) is -3.97. The van der Waals surface area contributed by atoms with Gasteiger partial charge >= 0.3 is 6.36 Å². The highest BCUT2D eigenvalue weighted by Gasteiger charge is 2.31. The van der Waals surface area contributed by atoms with Crippen molar-refractivity contribution in [2.75, 3.05) is 5.73 Å². The molecule has 0 saturated heterocycles. The molecule has 10 heteroatoms. The van der Waals surface area contributed by atoms with Gasteiger partial charge in [-0.2, -0.15) is 9.97 Å². The summed E-state index contributed by atoms with van der Waals surface area (Å²) in [4.78, 5) is 12.6. The van der Waals surface area contributed by atoms with E-state index in [-0.39, 0.29) is 22.9 Å². The maximum atomic E-state index is 12.3. The molecule has 26 heavy (non-hydrogen) atoms. The number of nitrogens with two attached hydrogens (primary N) is 1. The van der Waals surface area contributed by atoms with Crippen molar-refractivity contribution >= 4 is 28.6 Å². The molecule has 2 N–H and O–H groups in total.